The molecule has 8 nitrogen and oxygen atoms in total. The monoisotopic (exact) mass is 690 g/mol. The van der Waals surface area contributed by atoms with E-state index in [0.29, 0.717) is 6.42 Å². The maximum absolute atomic E-state index is 12.5. The predicted molar refractivity (Wildman–Crippen MR) is 196 cm³/mol. The third-order valence-corrected chi connectivity index (χ3v) is 9.51. The molecule has 9 heteroatoms. The Kier molecular flexibility index (Phi) is 35.7. The van der Waals surface area contributed by atoms with Gasteiger partial charge in [0.25, 0.3) is 0 Å². The first-order valence-corrected chi connectivity index (χ1v) is 21.2. The van der Waals surface area contributed by atoms with E-state index in [9.17, 15) is 14.3 Å². The van der Waals surface area contributed by atoms with Crippen LogP contribution in [0.5, 0.6) is 0 Å². The average Bonchev–Trinajstić information content (AvgIpc) is 3.06. The van der Waals surface area contributed by atoms with E-state index in [2.05, 4.69) is 13.8 Å². The van der Waals surface area contributed by atoms with Gasteiger partial charge in [0.05, 0.1) is 19.5 Å². The van der Waals surface area contributed by atoms with Crippen LogP contribution in [0.1, 0.15) is 194 Å². The van der Waals surface area contributed by atoms with Crippen molar-refractivity contribution in [1.82, 2.24) is 0 Å². The van der Waals surface area contributed by atoms with Crippen molar-refractivity contribution in [2.24, 2.45) is 5.73 Å². The first-order valence-electron chi connectivity index (χ1n) is 19.7. The number of phosphoric ester groups is 1. The van der Waals surface area contributed by atoms with Crippen LogP contribution in [0.15, 0.2) is 12.3 Å². The molecule has 0 spiro atoms. The highest BCUT2D eigenvalue weighted by molar-refractivity contribution is 7.47. The van der Waals surface area contributed by atoms with Gasteiger partial charge >= 0.3 is 13.8 Å². The summed E-state index contributed by atoms with van der Waals surface area (Å²) in [5.74, 6) is -0.352. The number of nitrogens with two attached hydrogens (primary N) is 1. The van der Waals surface area contributed by atoms with Gasteiger partial charge in [0, 0.05) is 13.0 Å². The molecule has 0 saturated carbocycles. The highest BCUT2D eigenvalue weighted by atomic mass is 31.2. The van der Waals surface area contributed by atoms with Crippen molar-refractivity contribution >= 4 is 13.8 Å². The Bertz CT molecular complexity index is 737. The number of unbranched alkanes of at least 4 members (excludes halogenated alkanes) is 25. The molecule has 0 aromatic rings. The molecule has 0 aliphatic heterocycles. The van der Waals surface area contributed by atoms with E-state index in [4.69, 9.17) is 24.3 Å². The maximum atomic E-state index is 12.5. The van der Waals surface area contributed by atoms with Crippen molar-refractivity contribution in [2.45, 2.75) is 200 Å². The number of ether oxygens (including phenoxy) is 2. The van der Waals surface area contributed by atoms with E-state index in [-0.39, 0.29) is 32.3 Å². The first-order chi connectivity index (χ1) is 22.9. The van der Waals surface area contributed by atoms with E-state index in [1.165, 1.54) is 141 Å². The Morgan fingerprint density at radius 2 is 1.06 bits per heavy atom. The minimum atomic E-state index is -4.28. The largest absolute Gasteiger partial charge is 0.498 e. The second-order valence-electron chi connectivity index (χ2n) is 13.2. The Morgan fingerprint density at radius 3 is 1.51 bits per heavy atom. The third-order valence-electron chi connectivity index (χ3n) is 8.53. The molecule has 2 atom stereocenters. The van der Waals surface area contributed by atoms with Crippen LogP contribution in [-0.4, -0.2) is 43.3 Å². The van der Waals surface area contributed by atoms with E-state index in [1.807, 2.05) is 6.08 Å². The van der Waals surface area contributed by atoms with Crippen LogP contribution in [0, 0.1) is 0 Å². The van der Waals surface area contributed by atoms with Crippen molar-refractivity contribution in [3.63, 3.8) is 0 Å². The Balaban J connectivity index is 4.04. The molecule has 280 valence electrons. The molecule has 0 aromatic heterocycles. The summed E-state index contributed by atoms with van der Waals surface area (Å²) < 4.78 is 33.0. The molecule has 0 amide bonds. The number of esters is 1. The fourth-order valence-electron chi connectivity index (χ4n) is 5.61. The van der Waals surface area contributed by atoms with Crippen LogP contribution in [0.2, 0.25) is 0 Å². The number of hydrogen-bond donors (Lipinski definition) is 2. The Labute approximate surface area is 290 Å². The van der Waals surface area contributed by atoms with Crippen LogP contribution < -0.4 is 5.73 Å². The van der Waals surface area contributed by atoms with Gasteiger partial charge < -0.3 is 20.1 Å². The Morgan fingerprint density at radius 1 is 0.638 bits per heavy atom. The van der Waals surface area contributed by atoms with Gasteiger partial charge in [-0.05, 0) is 25.3 Å². The molecule has 3 N–H and O–H groups in total. The highest BCUT2D eigenvalue weighted by Crippen LogP contribution is 2.43. The second-order valence-corrected chi connectivity index (χ2v) is 14.7. The molecule has 1 unspecified atom stereocenters. The molecular weight excluding hydrogens is 613 g/mol. The topological polar surface area (TPSA) is 117 Å². The van der Waals surface area contributed by atoms with Crippen LogP contribution in [0.25, 0.3) is 0 Å². The van der Waals surface area contributed by atoms with Gasteiger partial charge in [-0.15, -0.1) is 0 Å². The summed E-state index contributed by atoms with van der Waals surface area (Å²) in [7, 11) is -4.28. The lowest BCUT2D eigenvalue weighted by Gasteiger charge is -2.19. The van der Waals surface area contributed by atoms with Gasteiger partial charge in [-0.3, -0.25) is 13.8 Å². The molecule has 0 fully saturated rings. The zero-order valence-corrected chi connectivity index (χ0v) is 31.7. The molecule has 0 bridgehead atoms. The first kappa shape index (κ1) is 46.1. The van der Waals surface area contributed by atoms with Crippen LogP contribution in [0.4, 0.5) is 0 Å². The lowest BCUT2D eigenvalue weighted by molar-refractivity contribution is -0.153. The normalized spacial score (nSPS) is 13.6. The molecule has 0 aliphatic carbocycles. The molecular formula is C38H76NO7P. The van der Waals surface area contributed by atoms with Crippen LogP contribution in [-0.2, 0) is 27.9 Å². The molecule has 0 radical (unpaired) electrons. The summed E-state index contributed by atoms with van der Waals surface area (Å²) in [5, 5.41) is 0. The number of hydrogen-bond acceptors (Lipinski definition) is 7. The highest BCUT2D eigenvalue weighted by Gasteiger charge is 2.25. The van der Waals surface area contributed by atoms with Gasteiger partial charge in [-0.25, -0.2) is 4.57 Å². The van der Waals surface area contributed by atoms with Crippen molar-refractivity contribution in [3.8, 4) is 0 Å². The van der Waals surface area contributed by atoms with E-state index in [0.717, 1.165) is 32.1 Å². The standard InChI is InChI=1S/C38H76NO7P/c1-3-5-7-9-11-13-15-16-17-18-19-20-21-22-24-26-28-30-33-43-35-37(36-45-47(41,42)44-34-32-39)46-38(40)31-29-27-25-23-14-12-10-8-6-4-2/h30,33,37H,3-29,31-32,34-36,39H2,1-2H3,(H,41,42)/b33-30+/t37-/m0/s1. The van der Waals surface area contributed by atoms with Crippen molar-refractivity contribution in [3.05, 3.63) is 12.3 Å². The van der Waals surface area contributed by atoms with Gasteiger partial charge in [0.15, 0.2) is 6.10 Å². The molecule has 0 aliphatic rings. The van der Waals surface area contributed by atoms with Gasteiger partial charge in [0.2, 0.25) is 0 Å². The smallest absolute Gasteiger partial charge is 0.472 e. The van der Waals surface area contributed by atoms with Crippen molar-refractivity contribution in [2.75, 3.05) is 26.4 Å². The van der Waals surface area contributed by atoms with Crippen molar-refractivity contribution < 1.29 is 32.8 Å². The summed E-state index contributed by atoms with van der Waals surface area (Å²) in [5.41, 5.74) is 5.34. The molecule has 0 aromatic carbocycles. The van der Waals surface area contributed by atoms with Crippen LogP contribution >= 0.6 is 7.82 Å². The fraction of sp³-hybridized carbons (Fsp3) is 0.921. The summed E-state index contributed by atoms with van der Waals surface area (Å²) in [6.07, 6.45) is 37.5. The van der Waals surface area contributed by atoms with Crippen LogP contribution in [0.3, 0.4) is 0 Å². The number of rotatable bonds is 38. The fourth-order valence-corrected chi connectivity index (χ4v) is 6.37. The lowest BCUT2D eigenvalue weighted by atomic mass is 10.0. The minimum absolute atomic E-state index is 0.0378. The summed E-state index contributed by atoms with van der Waals surface area (Å²) in [6, 6.07) is 0. The molecule has 0 rings (SSSR count). The summed E-state index contributed by atoms with van der Waals surface area (Å²) in [6.45, 7) is 4.24. The molecule has 47 heavy (non-hydrogen) atoms. The van der Waals surface area contributed by atoms with Crippen molar-refractivity contribution in [1.29, 1.82) is 0 Å². The maximum Gasteiger partial charge on any atom is 0.472 e. The number of allylic oxidation sites excluding steroid dienone is 1. The van der Waals surface area contributed by atoms with Gasteiger partial charge in [-0.1, -0.05) is 168 Å². The average molecular weight is 690 g/mol. The zero-order valence-electron chi connectivity index (χ0n) is 30.8. The minimum Gasteiger partial charge on any atom is -0.498 e. The summed E-state index contributed by atoms with van der Waals surface area (Å²) in [4.78, 5) is 22.3. The second kappa shape index (κ2) is 36.4. The molecule has 0 heterocycles. The predicted octanol–water partition coefficient (Wildman–Crippen LogP) is 11.5. The quantitative estimate of drug-likeness (QED) is 0.0285. The number of carbonyl (C=O) groups excluding carboxylic acids is 1. The van der Waals surface area contributed by atoms with Gasteiger partial charge in [-0.2, -0.15) is 0 Å². The number of carbonyl (C=O) groups is 1. The third kappa shape index (κ3) is 36.2. The molecule has 0 saturated heterocycles. The summed E-state index contributed by atoms with van der Waals surface area (Å²) >= 11 is 0. The van der Waals surface area contributed by atoms with E-state index in [1.54, 1.807) is 6.26 Å². The lowest BCUT2D eigenvalue weighted by Crippen LogP contribution is -2.27. The SMILES string of the molecule is CCCCCCCCCCCCCCCCCC/C=C/OC[C@@H](COP(=O)(O)OCCN)OC(=O)CCCCCCCCCCCC. The number of phosphoric acid groups is 1. The van der Waals surface area contributed by atoms with Gasteiger partial charge in [0.1, 0.15) is 6.61 Å². The van der Waals surface area contributed by atoms with E-state index < -0.39 is 13.9 Å². The Hall–Kier alpha value is -0.920. The van der Waals surface area contributed by atoms with E-state index >= 15 is 0 Å². The zero-order chi connectivity index (χ0) is 34.5.